The van der Waals surface area contributed by atoms with Crippen molar-refractivity contribution >= 4 is 27.8 Å². The molecule has 2 N–H and O–H groups in total. The summed E-state index contributed by atoms with van der Waals surface area (Å²) in [6.07, 6.45) is -11.5. The van der Waals surface area contributed by atoms with E-state index in [9.17, 15) is 49.5 Å². The third-order valence-corrected chi connectivity index (χ3v) is 7.63. The maximum Gasteiger partial charge on any atom is 0.430 e. The smallest absolute Gasteiger partial charge is 0.369 e. The van der Waals surface area contributed by atoms with Crippen LogP contribution in [0.25, 0.3) is 0 Å². The largest absolute Gasteiger partial charge is 0.430 e. The van der Waals surface area contributed by atoms with Crippen LogP contribution in [0.15, 0.2) is 47.4 Å². The Hall–Kier alpha value is -3.13. The summed E-state index contributed by atoms with van der Waals surface area (Å²) in [5, 5.41) is 11.8. The van der Waals surface area contributed by atoms with Crippen molar-refractivity contribution in [2.75, 3.05) is 17.6 Å². The van der Waals surface area contributed by atoms with E-state index in [0.29, 0.717) is 29.7 Å². The van der Waals surface area contributed by atoms with Gasteiger partial charge in [0.15, 0.2) is 9.84 Å². The van der Waals surface area contributed by atoms with Crippen LogP contribution in [-0.4, -0.2) is 55.4 Å². The van der Waals surface area contributed by atoms with Crippen LogP contribution in [0.4, 0.5) is 32.0 Å². The van der Waals surface area contributed by atoms with E-state index in [1.807, 2.05) is 0 Å². The molecule has 0 aromatic heterocycles. The number of nitrogens with zero attached hydrogens (tertiary/aromatic N) is 1. The summed E-state index contributed by atoms with van der Waals surface area (Å²) in [4.78, 5) is 25.7. The first kappa shape index (κ1) is 27.5. The van der Waals surface area contributed by atoms with Crippen molar-refractivity contribution < 1.29 is 49.5 Å². The molecule has 36 heavy (non-hydrogen) atoms. The lowest BCUT2D eigenvalue weighted by atomic mass is 9.91. The zero-order chi connectivity index (χ0) is 27.1. The number of hydrogen-bond donors (Lipinski definition) is 2. The van der Waals surface area contributed by atoms with Gasteiger partial charge in [0, 0.05) is 17.8 Å². The minimum Gasteiger partial charge on any atom is -0.369 e. The van der Waals surface area contributed by atoms with Gasteiger partial charge in [0.05, 0.1) is 10.6 Å². The van der Waals surface area contributed by atoms with E-state index in [4.69, 9.17) is 0 Å². The van der Waals surface area contributed by atoms with E-state index >= 15 is 0 Å². The highest BCUT2D eigenvalue weighted by Crippen LogP contribution is 2.50. The fourth-order valence-electron chi connectivity index (χ4n) is 3.88. The van der Waals surface area contributed by atoms with Crippen LogP contribution in [0.2, 0.25) is 0 Å². The number of hydrogen-bond acceptors (Lipinski definition) is 5. The third-order valence-electron chi connectivity index (χ3n) is 5.89. The van der Waals surface area contributed by atoms with Crippen LogP contribution in [0.1, 0.15) is 29.7 Å². The fourth-order valence-corrected chi connectivity index (χ4v) is 4.81. The second kappa shape index (κ2) is 9.39. The molecule has 3 rings (SSSR count). The molecule has 0 saturated heterocycles. The summed E-state index contributed by atoms with van der Waals surface area (Å²) in [7, 11) is -3.54. The summed E-state index contributed by atoms with van der Waals surface area (Å²) < 4.78 is 103. The zero-order valence-corrected chi connectivity index (χ0v) is 19.3. The number of nitrogens with one attached hydrogen (secondary N) is 1. The van der Waals surface area contributed by atoms with Gasteiger partial charge in [-0.2, -0.15) is 26.3 Å². The Morgan fingerprint density at radius 2 is 1.67 bits per heavy atom. The van der Waals surface area contributed by atoms with Crippen molar-refractivity contribution in [3.8, 4) is 0 Å². The standard InChI is InChI=1S/C22H20F6N2O5S/c1-2-36(34,35)16-7-8-17-13(11-16)9-10-30(12-31)18(17)19(32)29-15-5-3-14(4-6-15)20(33,21(23,24)25)22(26,27)28/h3-8,11-12,18,33H,2,9-10H2,1H3,(H,29,32). The van der Waals surface area contributed by atoms with Crippen molar-refractivity contribution in [1.82, 2.24) is 4.90 Å². The summed E-state index contributed by atoms with van der Waals surface area (Å²) in [6.45, 7) is 1.53. The lowest BCUT2D eigenvalue weighted by molar-refractivity contribution is -0.376. The Balaban J connectivity index is 1.92. The molecule has 2 aromatic carbocycles. The SMILES string of the molecule is CCS(=O)(=O)c1ccc2c(c1)CCN(C=O)C2C(=O)Nc1ccc(C(O)(C(F)(F)F)C(F)(F)F)cc1. The molecule has 0 bridgehead atoms. The van der Waals surface area contributed by atoms with Gasteiger partial charge in [0.25, 0.3) is 11.5 Å². The predicted molar refractivity (Wildman–Crippen MR) is 114 cm³/mol. The lowest BCUT2D eigenvalue weighted by Crippen LogP contribution is -2.53. The molecule has 1 aliphatic heterocycles. The second-order valence-electron chi connectivity index (χ2n) is 8.03. The average Bonchev–Trinajstić information content (AvgIpc) is 2.81. The molecular weight excluding hydrogens is 518 g/mol. The molecule has 196 valence electrons. The molecule has 0 radical (unpaired) electrons. The van der Waals surface area contributed by atoms with Gasteiger partial charge in [-0.15, -0.1) is 0 Å². The fraction of sp³-hybridized carbons (Fsp3) is 0.364. The maximum absolute atomic E-state index is 13.1. The van der Waals surface area contributed by atoms with Crippen molar-refractivity contribution in [3.05, 3.63) is 59.2 Å². The number of benzene rings is 2. The van der Waals surface area contributed by atoms with Crippen molar-refractivity contribution in [2.45, 2.75) is 42.2 Å². The van der Waals surface area contributed by atoms with E-state index < -0.39 is 45.3 Å². The molecule has 2 amide bonds. The van der Waals surface area contributed by atoms with Gasteiger partial charge in [0.2, 0.25) is 6.41 Å². The van der Waals surface area contributed by atoms with Gasteiger partial charge in [-0.05, 0) is 41.8 Å². The highest BCUT2D eigenvalue weighted by Gasteiger charge is 2.71. The molecule has 2 aromatic rings. The number of amides is 2. The first-order valence-corrected chi connectivity index (χ1v) is 12.1. The number of halogens is 6. The predicted octanol–water partition coefficient (Wildman–Crippen LogP) is 3.49. The normalized spacial score (nSPS) is 16.9. The average molecular weight is 538 g/mol. The molecular formula is C22H20F6N2O5S. The van der Waals surface area contributed by atoms with Crippen LogP contribution in [0, 0.1) is 0 Å². The molecule has 7 nitrogen and oxygen atoms in total. The molecule has 1 unspecified atom stereocenters. The molecule has 0 aliphatic carbocycles. The Bertz CT molecular complexity index is 1250. The molecule has 1 atom stereocenters. The van der Waals surface area contributed by atoms with E-state index in [1.165, 1.54) is 25.1 Å². The highest BCUT2D eigenvalue weighted by molar-refractivity contribution is 7.91. The number of anilines is 1. The summed E-state index contributed by atoms with van der Waals surface area (Å²) in [5.41, 5.74) is -5.99. The van der Waals surface area contributed by atoms with Gasteiger partial charge >= 0.3 is 12.4 Å². The van der Waals surface area contributed by atoms with Crippen molar-refractivity contribution in [1.29, 1.82) is 0 Å². The number of carbonyl (C=O) groups excluding carboxylic acids is 2. The van der Waals surface area contributed by atoms with Gasteiger partial charge < -0.3 is 15.3 Å². The number of rotatable bonds is 6. The number of alkyl halides is 6. The molecule has 1 heterocycles. The minimum atomic E-state index is -6.06. The quantitative estimate of drug-likeness (QED) is 0.433. The van der Waals surface area contributed by atoms with Crippen LogP contribution in [0.3, 0.4) is 0 Å². The minimum absolute atomic E-state index is 0.0415. The van der Waals surface area contributed by atoms with Crippen molar-refractivity contribution in [2.24, 2.45) is 0 Å². The molecule has 0 fully saturated rings. The molecule has 14 heteroatoms. The topological polar surface area (TPSA) is 104 Å². The van der Waals surface area contributed by atoms with Crippen LogP contribution < -0.4 is 5.32 Å². The second-order valence-corrected chi connectivity index (χ2v) is 10.3. The van der Waals surface area contributed by atoms with E-state index in [1.54, 1.807) is 0 Å². The maximum atomic E-state index is 13.1. The molecule has 0 saturated carbocycles. The van der Waals surface area contributed by atoms with E-state index in [2.05, 4.69) is 5.32 Å². The Labute approximate surface area is 201 Å². The zero-order valence-electron chi connectivity index (χ0n) is 18.5. The summed E-state index contributed by atoms with van der Waals surface area (Å²) in [5.74, 6) is -0.979. The summed E-state index contributed by atoms with van der Waals surface area (Å²) >= 11 is 0. The Kier molecular flexibility index (Phi) is 7.16. The monoisotopic (exact) mass is 538 g/mol. The van der Waals surface area contributed by atoms with Gasteiger partial charge in [-0.3, -0.25) is 9.59 Å². The van der Waals surface area contributed by atoms with Crippen LogP contribution >= 0.6 is 0 Å². The van der Waals surface area contributed by atoms with Crippen molar-refractivity contribution in [3.63, 3.8) is 0 Å². The molecule has 0 spiro atoms. The van der Waals surface area contributed by atoms with Gasteiger partial charge in [-0.1, -0.05) is 25.1 Å². The summed E-state index contributed by atoms with van der Waals surface area (Å²) in [6, 6.07) is 5.11. The van der Waals surface area contributed by atoms with Crippen LogP contribution in [-0.2, 0) is 31.4 Å². The number of fused-ring (bicyclic) bond motifs is 1. The van der Waals surface area contributed by atoms with Gasteiger partial charge in [-0.25, -0.2) is 8.42 Å². The number of carbonyl (C=O) groups is 2. The number of aliphatic hydroxyl groups is 1. The van der Waals surface area contributed by atoms with E-state index in [-0.39, 0.29) is 29.3 Å². The number of sulfone groups is 1. The first-order chi connectivity index (χ1) is 16.6. The molecule has 1 aliphatic rings. The third kappa shape index (κ3) is 4.78. The van der Waals surface area contributed by atoms with E-state index in [0.717, 1.165) is 17.0 Å². The highest BCUT2D eigenvalue weighted by atomic mass is 32.2. The Morgan fingerprint density at radius 3 is 2.17 bits per heavy atom. The van der Waals surface area contributed by atoms with Crippen LogP contribution in [0.5, 0.6) is 0 Å². The lowest BCUT2D eigenvalue weighted by Gasteiger charge is -2.34. The Morgan fingerprint density at radius 1 is 1.08 bits per heavy atom. The first-order valence-electron chi connectivity index (χ1n) is 10.4. The van der Waals surface area contributed by atoms with Gasteiger partial charge in [0.1, 0.15) is 6.04 Å².